The summed E-state index contributed by atoms with van der Waals surface area (Å²) in [5.41, 5.74) is 0.444. The van der Waals surface area contributed by atoms with Crippen LogP contribution in [0.2, 0.25) is 0 Å². The minimum atomic E-state index is -4.49. The van der Waals surface area contributed by atoms with Gasteiger partial charge in [0.1, 0.15) is 11.5 Å². The SMILES string of the molecule is N#Cc1ccc(OC2=CN=CN(C(F)(F)F)C2)cc1. The molecule has 0 amide bonds. The Kier molecular flexibility index (Phi) is 3.42. The van der Waals surface area contributed by atoms with Gasteiger partial charge in [0.15, 0.2) is 0 Å². The monoisotopic (exact) mass is 267 g/mol. The van der Waals surface area contributed by atoms with Gasteiger partial charge in [-0.05, 0) is 24.3 Å². The molecule has 0 spiro atoms. The molecule has 0 aromatic heterocycles. The number of ether oxygens (including phenoxy) is 1. The van der Waals surface area contributed by atoms with Gasteiger partial charge in [-0.15, -0.1) is 0 Å². The van der Waals surface area contributed by atoms with E-state index in [0.29, 0.717) is 17.7 Å². The van der Waals surface area contributed by atoms with E-state index in [1.807, 2.05) is 6.07 Å². The number of nitriles is 1. The average Bonchev–Trinajstić information content (AvgIpc) is 2.39. The van der Waals surface area contributed by atoms with E-state index in [9.17, 15) is 13.2 Å². The molecule has 0 radical (unpaired) electrons. The fourth-order valence-corrected chi connectivity index (χ4v) is 1.41. The fraction of sp³-hybridized carbons (Fsp3) is 0.167. The van der Waals surface area contributed by atoms with Gasteiger partial charge in [0, 0.05) is 0 Å². The first kappa shape index (κ1) is 13.0. The van der Waals surface area contributed by atoms with E-state index >= 15 is 0 Å². The van der Waals surface area contributed by atoms with E-state index in [1.165, 1.54) is 30.5 Å². The first-order valence-corrected chi connectivity index (χ1v) is 5.23. The number of halogens is 3. The molecule has 0 unspecified atom stereocenters. The van der Waals surface area contributed by atoms with Crippen molar-refractivity contribution in [3.8, 4) is 11.8 Å². The molecule has 19 heavy (non-hydrogen) atoms. The van der Waals surface area contributed by atoms with Crippen molar-refractivity contribution in [2.24, 2.45) is 4.99 Å². The maximum atomic E-state index is 12.5. The quantitative estimate of drug-likeness (QED) is 0.774. The molecule has 0 N–H and O–H groups in total. The summed E-state index contributed by atoms with van der Waals surface area (Å²) in [6.45, 7) is -0.437. The molecule has 7 heteroatoms. The third kappa shape index (κ3) is 3.25. The van der Waals surface area contributed by atoms with Crippen molar-refractivity contribution >= 4 is 6.34 Å². The van der Waals surface area contributed by atoms with Crippen molar-refractivity contribution in [1.82, 2.24) is 4.90 Å². The molecule has 0 saturated heterocycles. The highest BCUT2D eigenvalue weighted by Gasteiger charge is 2.37. The van der Waals surface area contributed by atoms with Crippen LogP contribution in [-0.2, 0) is 0 Å². The van der Waals surface area contributed by atoms with Crippen LogP contribution >= 0.6 is 0 Å². The molecule has 0 fully saturated rings. The highest BCUT2D eigenvalue weighted by molar-refractivity contribution is 5.58. The fourth-order valence-electron chi connectivity index (χ4n) is 1.41. The van der Waals surface area contributed by atoms with Gasteiger partial charge in [0.25, 0.3) is 0 Å². The Morgan fingerprint density at radius 2 is 1.95 bits per heavy atom. The van der Waals surface area contributed by atoms with Crippen molar-refractivity contribution in [2.75, 3.05) is 6.54 Å². The molecule has 1 aromatic rings. The molecule has 0 atom stereocenters. The molecule has 98 valence electrons. The molecule has 1 heterocycles. The molecule has 2 rings (SSSR count). The summed E-state index contributed by atoms with van der Waals surface area (Å²) in [6.07, 6.45) is -2.57. The van der Waals surface area contributed by atoms with Crippen molar-refractivity contribution in [3.05, 3.63) is 41.8 Å². The zero-order chi connectivity index (χ0) is 13.9. The molecule has 1 aliphatic rings. The van der Waals surface area contributed by atoms with Crippen LogP contribution < -0.4 is 4.74 Å². The topological polar surface area (TPSA) is 48.6 Å². The Labute approximate surface area is 107 Å². The lowest BCUT2D eigenvalue weighted by Crippen LogP contribution is -2.40. The van der Waals surface area contributed by atoms with E-state index < -0.39 is 12.8 Å². The van der Waals surface area contributed by atoms with E-state index in [0.717, 1.165) is 0 Å². The van der Waals surface area contributed by atoms with E-state index in [-0.39, 0.29) is 10.7 Å². The second-order valence-corrected chi connectivity index (χ2v) is 3.69. The van der Waals surface area contributed by atoms with Gasteiger partial charge in [0.2, 0.25) is 0 Å². The van der Waals surface area contributed by atoms with Crippen molar-refractivity contribution < 1.29 is 17.9 Å². The molecule has 0 saturated carbocycles. The van der Waals surface area contributed by atoms with Gasteiger partial charge in [-0.2, -0.15) is 18.4 Å². The second kappa shape index (κ2) is 5.02. The van der Waals surface area contributed by atoms with E-state index in [2.05, 4.69) is 4.99 Å². The number of hydrogen-bond donors (Lipinski definition) is 0. The lowest BCUT2D eigenvalue weighted by Gasteiger charge is -2.25. The zero-order valence-electron chi connectivity index (χ0n) is 9.55. The average molecular weight is 267 g/mol. The van der Waals surface area contributed by atoms with Crippen molar-refractivity contribution in [3.63, 3.8) is 0 Å². The van der Waals surface area contributed by atoms with Crippen LogP contribution in [0.5, 0.6) is 5.75 Å². The Morgan fingerprint density at radius 3 is 2.53 bits per heavy atom. The third-order valence-corrected chi connectivity index (χ3v) is 2.31. The molecule has 0 bridgehead atoms. The van der Waals surface area contributed by atoms with Crippen LogP contribution in [0.4, 0.5) is 13.2 Å². The minimum Gasteiger partial charge on any atom is -0.458 e. The van der Waals surface area contributed by atoms with Crippen LogP contribution in [0.1, 0.15) is 5.56 Å². The van der Waals surface area contributed by atoms with Crippen LogP contribution in [0.15, 0.2) is 41.2 Å². The summed E-state index contributed by atoms with van der Waals surface area (Å²) in [5, 5.41) is 8.62. The van der Waals surface area contributed by atoms with Gasteiger partial charge < -0.3 is 4.74 Å². The van der Waals surface area contributed by atoms with E-state index in [4.69, 9.17) is 10.00 Å². The normalized spacial score (nSPS) is 14.8. The number of rotatable bonds is 2. The first-order valence-electron chi connectivity index (χ1n) is 5.23. The number of alkyl halides is 3. The Morgan fingerprint density at radius 1 is 1.26 bits per heavy atom. The third-order valence-electron chi connectivity index (χ3n) is 2.31. The molecule has 1 aromatic carbocycles. The van der Waals surface area contributed by atoms with Gasteiger partial charge >= 0.3 is 6.30 Å². The second-order valence-electron chi connectivity index (χ2n) is 3.69. The molecule has 1 aliphatic heterocycles. The molecule has 4 nitrogen and oxygen atoms in total. The smallest absolute Gasteiger partial charge is 0.458 e. The Bertz CT molecular complexity index is 555. The lowest BCUT2D eigenvalue weighted by atomic mass is 10.2. The first-order chi connectivity index (χ1) is 8.99. The highest BCUT2D eigenvalue weighted by Crippen LogP contribution is 2.24. The number of nitrogens with zero attached hydrogens (tertiary/aromatic N) is 3. The highest BCUT2D eigenvalue weighted by atomic mass is 19.4. The maximum absolute atomic E-state index is 12.5. The van der Waals surface area contributed by atoms with Crippen LogP contribution in [0.25, 0.3) is 0 Å². The molecule has 0 aliphatic carbocycles. The van der Waals surface area contributed by atoms with Gasteiger partial charge in [-0.25, -0.2) is 4.99 Å². The van der Waals surface area contributed by atoms with Crippen LogP contribution in [0.3, 0.4) is 0 Å². The summed E-state index contributed by atoms with van der Waals surface area (Å²) in [7, 11) is 0. The summed E-state index contributed by atoms with van der Waals surface area (Å²) < 4.78 is 42.7. The van der Waals surface area contributed by atoms with E-state index in [1.54, 1.807) is 0 Å². The van der Waals surface area contributed by atoms with Crippen LogP contribution in [-0.4, -0.2) is 24.1 Å². The molecular weight excluding hydrogens is 259 g/mol. The summed E-state index contributed by atoms with van der Waals surface area (Å²) >= 11 is 0. The lowest BCUT2D eigenvalue weighted by molar-refractivity contribution is -0.214. The van der Waals surface area contributed by atoms with Gasteiger partial charge in [0.05, 0.1) is 30.7 Å². The van der Waals surface area contributed by atoms with Gasteiger partial charge in [-0.1, -0.05) is 0 Å². The van der Waals surface area contributed by atoms with Gasteiger partial charge in [-0.3, -0.25) is 4.90 Å². The van der Waals surface area contributed by atoms with Crippen LogP contribution in [0, 0.1) is 11.3 Å². The summed E-state index contributed by atoms with van der Waals surface area (Å²) in [5.74, 6) is 0.425. The standard InChI is InChI=1S/C12H8F3N3O/c13-12(14,15)18-7-11(6-17-8-18)19-10-3-1-9(5-16)2-4-10/h1-4,6,8H,7H2. The predicted octanol–water partition coefficient (Wildman–Crippen LogP) is 2.64. The Balaban J connectivity index is 2.05. The number of hydrogen-bond acceptors (Lipinski definition) is 4. The molecular formula is C12H8F3N3O. The number of aliphatic imine (C=N–C) groups is 1. The minimum absolute atomic E-state index is 0.0736. The summed E-state index contributed by atoms with van der Waals surface area (Å²) in [6, 6.07) is 7.99. The van der Waals surface area contributed by atoms with Crippen molar-refractivity contribution in [1.29, 1.82) is 5.26 Å². The summed E-state index contributed by atoms with van der Waals surface area (Å²) in [4.78, 5) is 3.59. The maximum Gasteiger partial charge on any atom is 0.486 e. The Hall–Kier alpha value is -2.49. The largest absolute Gasteiger partial charge is 0.486 e. The predicted molar refractivity (Wildman–Crippen MR) is 61.1 cm³/mol. The zero-order valence-corrected chi connectivity index (χ0v) is 9.55. The van der Waals surface area contributed by atoms with Crippen molar-refractivity contribution in [2.45, 2.75) is 6.30 Å². The number of benzene rings is 1.